The third-order valence-corrected chi connectivity index (χ3v) is 6.65. The predicted octanol–water partition coefficient (Wildman–Crippen LogP) is 4.50. The van der Waals surface area contributed by atoms with Crippen LogP contribution in [0.15, 0.2) is 53.4 Å². The third-order valence-electron chi connectivity index (χ3n) is 5.52. The number of ether oxygens (including phenoxy) is 2. The molecule has 1 amide bonds. The molecule has 0 aromatic heterocycles. The molecule has 1 aliphatic heterocycles. The van der Waals surface area contributed by atoms with Gasteiger partial charge in [-0.3, -0.25) is 0 Å². The number of carbonyl (C=O) groups excluding carboxylic acids is 1. The van der Waals surface area contributed by atoms with E-state index < -0.39 is 9.84 Å². The lowest BCUT2D eigenvalue weighted by Gasteiger charge is -2.27. The van der Waals surface area contributed by atoms with Gasteiger partial charge in [-0.15, -0.1) is 0 Å². The molecule has 0 aliphatic carbocycles. The number of anilines is 1. The lowest BCUT2D eigenvalue weighted by molar-refractivity contribution is 0.0651. The summed E-state index contributed by atoms with van der Waals surface area (Å²) in [7, 11) is -3.20. The van der Waals surface area contributed by atoms with E-state index in [1.54, 1.807) is 17.0 Å². The Kier molecular flexibility index (Phi) is 7.89. The van der Waals surface area contributed by atoms with Crippen LogP contribution in [0.5, 0.6) is 5.75 Å². The smallest absolute Gasteiger partial charge is 0.410 e. The Morgan fingerprint density at radius 3 is 2.42 bits per heavy atom. The van der Waals surface area contributed by atoms with Crippen molar-refractivity contribution in [3.05, 3.63) is 54.1 Å². The van der Waals surface area contributed by atoms with Gasteiger partial charge in [0.2, 0.25) is 0 Å². The maximum absolute atomic E-state index is 12.4. The molecule has 1 aliphatic rings. The summed E-state index contributed by atoms with van der Waals surface area (Å²) in [5, 5.41) is 0. The van der Waals surface area contributed by atoms with Gasteiger partial charge in [0.05, 0.1) is 17.5 Å². The Bertz CT molecular complexity index is 1050. The second-order valence-corrected chi connectivity index (χ2v) is 11.1. The molecular weight excluding hydrogens is 440 g/mol. The summed E-state index contributed by atoms with van der Waals surface area (Å²) in [6.07, 6.45) is 1.63. The van der Waals surface area contributed by atoms with E-state index in [2.05, 4.69) is 4.90 Å². The summed E-state index contributed by atoms with van der Waals surface area (Å²) in [5.74, 6) is 0.771. The van der Waals surface area contributed by atoms with Crippen LogP contribution in [0, 0.1) is 0 Å². The van der Waals surface area contributed by atoms with Crippen LogP contribution in [0.25, 0.3) is 0 Å². The molecule has 1 atom stereocenters. The monoisotopic (exact) mass is 474 g/mol. The second-order valence-electron chi connectivity index (χ2n) is 9.04. The van der Waals surface area contributed by atoms with E-state index in [-0.39, 0.29) is 24.3 Å². The summed E-state index contributed by atoms with van der Waals surface area (Å²) in [6, 6.07) is 14.8. The molecule has 2 aromatic carbocycles. The van der Waals surface area contributed by atoms with Crippen molar-refractivity contribution < 1.29 is 22.7 Å². The minimum absolute atomic E-state index is 0.0123. The van der Waals surface area contributed by atoms with Crippen LogP contribution in [-0.2, 0) is 21.1 Å². The molecule has 0 unspecified atom stereocenters. The molecule has 0 bridgehead atoms. The molecule has 180 valence electrons. The average Bonchev–Trinajstić information content (AvgIpc) is 3.19. The highest BCUT2D eigenvalue weighted by Crippen LogP contribution is 2.26. The van der Waals surface area contributed by atoms with Gasteiger partial charge in [-0.2, -0.15) is 0 Å². The fourth-order valence-corrected chi connectivity index (χ4v) is 4.43. The van der Waals surface area contributed by atoms with Gasteiger partial charge in [0.1, 0.15) is 11.9 Å². The van der Waals surface area contributed by atoms with E-state index in [9.17, 15) is 13.2 Å². The molecular formula is C25H34N2O5S. The number of hydrogen-bond donors (Lipinski definition) is 0. The molecule has 0 N–H and O–H groups in total. The molecule has 2 aromatic rings. The van der Waals surface area contributed by atoms with E-state index >= 15 is 0 Å². The Labute approximate surface area is 197 Å². The number of sulfone groups is 1. The van der Waals surface area contributed by atoms with Crippen molar-refractivity contribution >= 4 is 21.6 Å². The maximum atomic E-state index is 12.4. The van der Waals surface area contributed by atoms with Crippen LogP contribution in [0.3, 0.4) is 0 Å². The number of amides is 1. The van der Waals surface area contributed by atoms with Crippen LogP contribution < -0.4 is 9.64 Å². The normalized spacial score (nSPS) is 16.3. The van der Waals surface area contributed by atoms with Crippen LogP contribution >= 0.6 is 0 Å². The maximum Gasteiger partial charge on any atom is 0.410 e. The standard InChI is InChI=1S/C25H34N2O5S/c1-18(2)27(25(28)31-19(3)4)16-20-7-6-8-22(15-20)32-23-13-14-26(17-23)21-9-11-24(12-10-21)33(5,29)30/h6-12,15,18-19,23H,13-14,16-17H2,1-5H3/t23-/m0/s1. The SMILES string of the molecule is CC(C)OC(=O)N(Cc1cccc(O[C@H]2CCN(c3ccc(S(C)(=O)=O)cc3)C2)c1)C(C)C. The average molecular weight is 475 g/mol. The first-order chi connectivity index (χ1) is 15.5. The van der Waals surface area contributed by atoms with Gasteiger partial charge in [-0.1, -0.05) is 12.1 Å². The Morgan fingerprint density at radius 2 is 1.82 bits per heavy atom. The molecule has 3 rings (SSSR count). The topological polar surface area (TPSA) is 76.2 Å². The number of rotatable bonds is 8. The predicted molar refractivity (Wildman–Crippen MR) is 130 cm³/mol. The quantitative estimate of drug-likeness (QED) is 0.561. The van der Waals surface area contributed by atoms with Crippen LogP contribution in [0.2, 0.25) is 0 Å². The van der Waals surface area contributed by atoms with Gasteiger partial charge < -0.3 is 19.3 Å². The second kappa shape index (κ2) is 10.5. The molecule has 0 saturated carbocycles. The van der Waals surface area contributed by atoms with Gasteiger partial charge in [0.15, 0.2) is 9.84 Å². The van der Waals surface area contributed by atoms with E-state index in [0.29, 0.717) is 11.4 Å². The third kappa shape index (κ3) is 6.87. The zero-order valence-electron chi connectivity index (χ0n) is 20.0. The Balaban J connectivity index is 1.62. The fourth-order valence-electron chi connectivity index (χ4n) is 3.80. The largest absolute Gasteiger partial charge is 0.489 e. The van der Waals surface area contributed by atoms with Crippen molar-refractivity contribution in [1.82, 2.24) is 4.90 Å². The first-order valence-electron chi connectivity index (χ1n) is 11.3. The first-order valence-corrected chi connectivity index (χ1v) is 13.2. The minimum Gasteiger partial charge on any atom is -0.489 e. The van der Waals surface area contributed by atoms with Crippen molar-refractivity contribution in [2.75, 3.05) is 24.2 Å². The summed E-state index contributed by atoms with van der Waals surface area (Å²) in [6.45, 7) is 9.64. The minimum atomic E-state index is -3.20. The van der Waals surface area contributed by atoms with Gasteiger partial charge >= 0.3 is 6.09 Å². The van der Waals surface area contributed by atoms with Crippen LogP contribution in [-0.4, -0.2) is 57.0 Å². The molecule has 1 fully saturated rings. The molecule has 1 heterocycles. The first kappa shape index (κ1) is 24.9. The van der Waals surface area contributed by atoms with Gasteiger partial charge in [-0.05, 0) is 69.7 Å². The Hall–Kier alpha value is -2.74. The van der Waals surface area contributed by atoms with Crippen molar-refractivity contribution in [3.8, 4) is 5.75 Å². The molecule has 7 nitrogen and oxygen atoms in total. The van der Waals surface area contributed by atoms with E-state index in [1.807, 2.05) is 64.1 Å². The molecule has 33 heavy (non-hydrogen) atoms. The number of nitrogens with zero attached hydrogens (tertiary/aromatic N) is 2. The fraction of sp³-hybridized carbons (Fsp3) is 0.480. The van der Waals surface area contributed by atoms with Crippen LogP contribution in [0.1, 0.15) is 39.7 Å². The molecule has 0 radical (unpaired) electrons. The highest BCUT2D eigenvalue weighted by Gasteiger charge is 2.25. The van der Waals surface area contributed by atoms with Gasteiger partial charge in [-0.25, -0.2) is 13.2 Å². The zero-order valence-corrected chi connectivity index (χ0v) is 20.8. The van der Waals surface area contributed by atoms with Crippen molar-refractivity contribution in [2.24, 2.45) is 0 Å². The summed E-state index contributed by atoms with van der Waals surface area (Å²) >= 11 is 0. The highest BCUT2D eigenvalue weighted by atomic mass is 32.2. The van der Waals surface area contributed by atoms with Gasteiger partial charge in [0.25, 0.3) is 0 Å². The molecule has 8 heteroatoms. The number of hydrogen-bond acceptors (Lipinski definition) is 6. The molecule has 1 saturated heterocycles. The van der Waals surface area contributed by atoms with Gasteiger partial charge in [0, 0.05) is 37.5 Å². The van der Waals surface area contributed by atoms with E-state index in [1.165, 1.54) is 6.26 Å². The van der Waals surface area contributed by atoms with E-state index in [4.69, 9.17) is 9.47 Å². The lowest BCUT2D eigenvalue weighted by Crippen LogP contribution is -2.38. The van der Waals surface area contributed by atoms with Crippen LogP contribution in [0.4, 0.5) is 10.5 Å². The van der Waals surface area contributed by atoms with E-state index in [0.717, 1.165) is 36.5 Å². The zero-order chi connectivity index (χ0) is 24.2. The lowest BCUT2D eigenvalue weighted by atomic mass is 10.2. The number of carbonyl (C=O) groups is 1. The van der Waals surface area contributed by atoms with Crippen molar-refractivity contribution in [2.45, 2.75) is 63.8 Å². The number of benzene rings is 2. The Morgan fingerprint density at radius 1 is 1.12 bits per heavy atom. The summed E-state index contributed by atoms with van der Waals surface area (Å²) in [4.78, 5) is 16.7. The molecule has 0 spiro atoms. The highest BCUT2D eigenvalue weighted by molar-refractivity contribution is 7.90. The van der Waals surface area contributed by atoms with Crippen molar-refractivity contribution in [1.29, 1.82) is 0 Å². The summed E-state index contributed by atoms with van der Waals surface area (Å²) in [5.41, 5.74) is 1.96. The summed E-state index contributed by atoms with van der Waals surface area (Å²) < 4.78 is 35.0. The van der Waals surface area contributed by atoms with Crippen molar-refractivity contribution in [3.63, 3.8) is 0 Å².